The average Bonchev–Trinajstić information content (AvgIpc) is 2.89. The molecule has 1 aromatic carbocycles. The maximum Gasteiger partial charge on any atom is 0.279 e. The summed E-state index contributed by atoms with van der Waals surface area (Å²) in [5.74, 6) is 0. The van der Waals surface area contributed by atoms with Crippen molar-refractivity contribution in [2.75, 3.05) is 19.6 Å². The standard InChI is InChI=1S/C14H20N2O3S2/c1-3-16(4-2)21(18,19)15-10-12(17)14-9-11-7-5-6-8-13(11)20-14/h5-9,12,15,17H,3-4,10H2,1-2H3. The minimum Gasteiger partial charge on any atom is -0.386 e. The summed E-state index contributed by atoms with van der Waals surface area (Å²) >= 11 is 1.48. The van der Waals surface area contributed by atoms with Gasteiger partial charge in [-0.1, -0.05) is 32.0 Å². The predicted octanol–water partition coefficient (Wildman–Crippen LogP) is 2.11. The SMILES string of the molecule is CCN(CC)S(=O)(=O)NCC(O)c1cc2ccccc2s1. The van der Waals surface area contributed by atoms with Gasteiger partial charge in [-0.3, -0.25) is 0 Å². The van der Waals surface area contributed by atoms with Crippen LogP contribution in [0.1, 0.15) is 24.8 Å². The zero-order valence-corrected chi connectivity index (χ0v) is 13.7. The second kappa shape index (κ2) is 6.85. The Hall–Kier alpha value is -0.990. The van der Waals surface area contributed by atoms with Gasteiger partial charge in [-0.05, 0) is 17.5 Å². The van der Waals surface area contributed by atoms with Crippen LogP contribution < -0.4 is 4.72 Å². The molecule has 0 aliphatic rings. The van der Waals surface area contributed by atoms with Crippen LogP contribution in [-0.4, -0.2) is 37.5 Å². The highest BCUT2D eigenvalue weighted by atomic mass is 32.2. The Labute approximate surface area is 129 Å². The Bertz CT molecular complexity index is 660. The second-order valence-corrected chi connectivity index (χ2v) is 7.51. The molecule has 0 aliphatic carbocycles. The van der Waals surface area contributed by atoms with Crippen molar-refractivity contribution in [3.8, 4) is 0 Å². The van der Waals surface area contributed by atoms with Gasteiger partial charge < -0.3 is 5.11 Å². The van der Waals surface area contributed by atoms with Gasteiger partial charge in [0.1, 0.15) is 6.10 Å². The summed E-state index contributed by atoms with van der Waals surface area (Å²) in [6.45, 7) is 4.36. The lowest BCUT2D eigenvalue weighted by molar-refractivity contribution is 0.185. The van der Waals surface area contributed by atoms with Crippen molar-refractivity contribution in [2.24, 2.45) is 0 Å². The highest BCUT2D eigenvalue weighted by Gasteiger charge is 2.20. The second-order valence-electron chi connectivity index (χ2n) is 4.64. The van der Waals surface area contributed by atoms with Crippen molar-refractivity contribution in [1.82, 2.24) is 9.03 Å². The van der Waals surface area contributed by atoms with Gasteiger partial charge >= 0.3 is 0 Å². The van der Waals surface area contributed by atoms with E-state index in [2.05, 4.69) is 4.72 Å². The molecule has 1 aromatic heterocycles. The zero-order chi connectivity index (χ0) is 15.5. The van der Waals surface area contributed by atoms with Crippen molar-refractivity contribution in [1.29, 1.82) is 0 Å². The molecular formula is C14H20N2O3S2. The van der Waals surface area contributed by atoms with Crippen LogP contribution in [0, 0.1) is 0 Å². The first-order chi connectivity index (χ1) is 9.97. The Balaban J connectivity index is 2.06. The van der Waals surface area contributed by atoms with Gasteiger partial charge in [0.25, 0.3) is 10.2 Å². The number of hydrogen-bond acceptors (Lipinski definition) is 4. The van der Waals surface area contributed by atoms with E-state index in [0.29, 0.717) is 13.1 Å². The van der Waals surface area contributed by atoms with Crippen LogP contribution in [0.5, 0.6) is 0 Å². The summed E-state index contributed by atoms with van der Waals surface area (Å²) in [6.07, 6.45) is -0.840. The molecule has 0 aliphatic heterocycles. The van der Waals surface area contributed by atoms with Crippen LogP contribution in [0.2, 0.25) is 0 Å². The summed E-state index contributed by atoms with van der Waals surface area (Å²) in [5, 5.41) is 11.2. The molecular weight excluding hydrogens is 308 g/mol. The van der Waals surface area contributed by atoms with Gasteiger partial charge in [-0.2, -0.15) is 17.4 Å². The molecule has 2 aromatic rings. The lowest BCUT2D eigenvalue weighted by atomic mass is 10.2. The van der Waals surface area contributed by atoms with Gasteiger partial charge in [-0.15, -0.1) is 11.3 Å². The number of thiophene rings is 1. The topological polar surface area (TPSA) is 69.6 Å². The van der Waals surface area contributed by atoms with Crippen molar-refractivity contribution in [3.63, 3.8) is 0 Å². The maximum absolute atomic E-state index is 12.0. The molecule has 1 heterocycles. The molecule has 2 N–H and O–H groups in total. The summed E-state index contributed by atoms with van der Waals surface area (Å²) in [7, 11) is -3.53. The third-order valence-electron chi connectivity index (χ3n) is 3.28. The first kappa shape index (κ1) is 16.4. The molecule has 0 spiro atoms. The highest BCUT2D eigenvalue weighted by Crippen LogP contribution is 2.29. The molecule has 5 nitrogen and oxygen atoms in total. The maximum atomic E-state index is 12.0. The number of aliphatic hydroxyl groups is 1. The number of nitrogens with zero attached hydrogens (tertiary/aromatic N) is 1. The third-order valence-corrected chi connectivity index (χ3v) is 6.22. The van der Waals surface area contributed by atoms with Crippen molar-refractivity contribution in [2.45, 2.75) is 20.0 Å². The van der Waals surface area contributed by atoms with Crippen LogP contribution >= 0.6 is 11.3 Å². The number of fused-ring (bicyclic) bond motifs is 1. The third kappa shape index (κ3) is 3.81. The first-order valence-corrected chi connectivity index (χ1v) is 9.14. The molecule has 0 saturated carbocycles. The van der Waals surface area contributed by atoms with E-state index >= 15 is 0 Å². The summed E-state index contributed by atoms with van der Waals surface area (Å²) in [6, 6.07) is 9.74. The van der Waals surface area contributed by atoms with E-state index in [4.69, 9.17) is 0 Å². The molecule has 116 valence electrons. The van der Waals surface area contributed by atoms with E-state index in [1.54, 1.807) is 13.8 Å². The Morgan fingerprint density at radius 1 is 1.29 bits per heavy atom. The molecule has 0 fully saturated rings. The van der Waals surface area contributed by atoms with Crippen molar-refractivity contribution >= 4 is 31.6 Å². The number of aliphatic hydroxyl groups excluding tert-OH is 1. The van der Waals surface area contributed by atoms with Gasteiger partial charge in [0.2, 0.25) is 0 Å². The fraction of sp³-hybridized carbons (Fsp3) is 0.429. The van der Waals surface area contributed by atoms with E-state index in [9.17, 15) is 13.5 Å². The zero-order valence-electron chi connectivity index (χ0n) is 12.1. The molecule has 21 heavy (non-hydrogen) atoms. The Morgan fingerprint density at radius 2 is 1.95 bits per heavy atom. The molecule has 0 amide bonds. The first-order valence-electron chi connectivity index (χ1n) is 6.89. The van der Waals surface area contributed by atoms with Crippen molar-refractivity contribution in [3.05, 3.63) is 35.2 Å². The molecule has 0 radical (unpaired) electrons. The minimum atomic E-state index is -3.53. The largest absolute Gasteiger partial charge is 0.386 e. The van der Waals surface area contributed by atoms with E-state index < -0.39 is 16.3 Å². The normalized spacial score (nSPS) is 13.9. The molecule has 0 bridgehead atoms. The number of benzene rings is 1. The van der Waals surface area contributed by atoms with Crippen LogP contribution in [0.25, 0.3) is 10.1 Å². The van der Waals surface area contributed by atoms with Crippen LogP contribution in [0.3, 0.4) is 0 Å². The fourth-order valence-electron chi connectivity index (χ4n) is 2.11. The molecule has 1 unspecified atom stereocenters. The quantitative estimate of drug-likeness (QED) is 0.818. The molecule has 0 saturated heterocycles. The van der Waals surface area contributed by atoms with Gasteiger partial charge in [0, 0.05) is 29.2 Å². The van der Waals surface area contributed by atoms with Crippen LogP contribution in [-0.2, 0) is 10.2 Å². The number of hydrogen-bond donors (Lipinski definition) is 2. The van der Waals surface area contributed by atoms with Gasteiger partial charge in [0.15, 0.2) is 0 Å². The molecule has 2 rings (SSSR count). The predicted molar refractivity (Wildman–Crippen MR) is 86.6 cm³/mol. The highest BCUT2D eigenvalue weighted by molar-refractivity contribution is 7.87. The smallest absolute Gasteiger partial charge is 0.279 e. The van der Waals surface area contributed by atoms with Crippen LogP contribution in [0.4, 0.5) is 0 Å². The van der Waals surface area contributed by atoms with E-state index in [-0.39, 0.29) is 6.54 Å². The number of nitrogens with one attached hydrogen (secondary N) is 1. The fourth-order valence-corrected chi connectivity index (χ4v) is 4.39. The van der Waals surface area contributed by atoms with Crippen molar-refractivity contribution < 1.29 is 13.5 Å². The average molecular weight is 328 g/mol. The lowest BCUT2D eigenvalue weighted by Crippen LogP contribution is -2.41. The summed E-state index contributed by atoms with van der Waals surface area (Å²) in [4.78, 5) is 0.762. The Morgan fingerprint density at radius 3 is 2.57 bits per heavy atom. The Kier molecular flexibility index (Phi) is 5.34. The molecule has 7 heteroatoms. The van der Waals surface area contributed by atoms with E-state index in [1.165, 1.54) is 15.6 Å². The monoisotopic (exact) mass is 328 g/mol. The molecule has 1 atom stereocenters. The van der Waals surface area contributed by atoms with Gasteiger partial charge in [0.05, 0.1) is 0 Å². The summed E-state index contributed by atoms with van der Waals surface area (Å²) < 4.78 is 28.9. The van der Waals surface area contributed by atoms with Gasteiger partial charge in [-0.25, -0.2) is 0 Å². The van der Waals surface area contributed by atoms with E-state index in [0.717, 1.165) is 15.0 Å². The van der Waals surface area contributed by atoms with E-state index in [1.807, 2.05) is 30.3 Å². The number of rotatable bonds is 7. The minimum absolute atomic E-state index is 0.0222. The summed E-state index contributed by atoms with van der Waals surface area (Å²) in [5.41, 5.74) is 0. The lowest BCUT2D eigenvalue weighted by Gasteiger charge is -2.19. The van der Waals surface area contributed by atoms with Crippen LogP contribution in [0.15, 0.2) is 30.3 Å².